The van der Waals surface area contributed by atoms with Crippen LogP contribution in [0.3, 0.4) is 0 Å². The Labute approximate surface area is 197 Å². The molecule has 0 radical (unpaired) electrons. The minimum atomic E-state index is -0.130. The van der Waals surface area contributed by atoms with Crippen molar-refractivity contribution in [3.05, 3.63) is 53.6 Å². The highest BCUT2D eigenvalue weighted by Crippen LogP contribution is 2.55. The Morgan fingerprint density at radius 3 is 2.16 bits per heavy atom. The molecule has 2 unspecified atom stereocenters. The molecule has 2 aromatic carbocycles. The van der Waals surface area contributed by atoms with Gasteiger partial charge in [-0.25, -0.2) is 0 Å². The van der Waals surface area contributed by atoms with Gasteiger partial charge in [-0.1, -0.05) is 56.7 Å². The first-order valence-corrected chi connectivity index (χ1v) is 13.0. The van der Waals surface area contributed by atoms with Crippen LogP contribution in [0.25, 0.3) is 0 Å². The van der Waals surface area contributed by atoms with Crippen LogP contribution in [-0.2, 0) is 4.75 Å². The molecule has 0 fully saturated rings. The maximum atomic E-state index is 8.93. The van der Waals surface area contributed by atoms with Crippen LogP contribution in [0.5, 0.6) is 17.2 Å². The van der Waals surface area contributed by atoms with Crippen molar-refractivity contribution in [2.45, 2.75) is 62.0 Å². The lowest BCUT2D eigenvalue weighted by Crippen LogP contribution is -2.40. The van der Waals surface area contributed by atoms with Crippen LogP contribution < -0.4 is 14.2 Å². The minimum Gasteiger partial charge on any atom is -0.497 e. The van der Waals surface area contributed by atoms with E-state index < -0.39 is 0 Å². The van der Waals surface area contributed by atoms with Crippen LogP contribution in [0.15, 0.2) is 42.5 Å². The number of rotatable bonds is 13. The second-order valence-corrected chi connectivity index (χ2v) is 9.69. The lowest BCUT2D eigenvalue weighted by atomic mass is 9.76. The van der Waals surface area contributed by atoms with Crippen LogP contribution >= 0.6 is 11.8 Å². The summed E-state index contributed by atoms with van der Waals surface area (Å²) in [5, 5.41) is 8.93. The summed E-state index contributed by atoms with van der Waals surface area (Å²) >= 11 is 1.90. The summed E-state index contributed by atoms with van der Waals surface area (Å²) in [5.74, 6) is 3.04. The quantitative estimate of drug-likeness (QED) is 0.345. The topological polar surface area (TPSA) is 47.9 Å². The summed E-state index contributed by atoms with van der Waals surface area (Å²) in [7, 11) is 3.41. The third kappa shape index (κ3) is 5.74. The number of methoxy groups -OCH3 is 2. The van der Waals surface area contributed by atoms with Crippen molar-refractivity contribution in [1.82, 2.24) is 0 Å². The Morgan fingerprint density at radius 2 is 1.53 bits per heavy atom. The van der Waals surface area contributed by atoms with Crippen molar-refractivity contribution < 1.29 is 19.3 Å². The van der Waals surface area contributed by atoms with Crippen molar-refractivity contribution in [1.29, 1.82) is 0 Å². The molecule has 1 aliphatic rings. The van der Waals surface area contributed by atoms with E-state index in [2.05, 4.69) is 42.7 Å². The smallest absolute Gasteiger partial charge is 0.126 e. The van der Waals surface area contributed by atoms with E-state index in [1.165, 1.54) is 43.2 Å². The van der Waals surface area contributed by atoms with Crippen LogP contribution in [0.2, 0.25) is 0 Å². The van der Waals surface area contributed by atoms with E-state index in [1.54, 1.807) is 14.2 Å². The highest BCUT2D eigenvalue weighted by atomic mass is 32.2. The fraction of sp³-hybridized carbons (Fsp3) is 0.556. The lowest BCUT2D eigenvalue weighted by Gasteiger charge is -2.44. The van der Waals surface area contributed by atoms with Gasteiger partial charge in [0, 0.05) is 18.6 Å². The number of hydrogen-bond acceptors (Lipinski definition) is 5. The predicted molar refractivity (Wildman–Crippen MR) is 133 cm³/mol. The molecule has 0 amide bonds. The van der Waals surface area contributed by atoms with Gasteiger partial charge in [0.25, 0.3) is 0 Å². The van der Waals surface area contributed by atoms with E-state index in [0.29, 0.717) is 19.1 Å². The Bertz CT molecular complexity index is 823. The summed E-state index contributed by atoms with van der Waals surface area (Å²) in [4.78, 5) is 0. The average molecular weight is 459 g/mol. The van der Waals surface area contributed by atoms with E-state index in [0.717, 1.165) is 36.5 Å². The largest absolute Gasteiger partial charge is 0.497 e. The Hall–Kier alpha value is -1.85. The third-order valence-electron chi connectivity index (χ3n) is 6.69. The molecule has 32 heavy (non-hydrogen) atoms. The normalized spacial score (nSPS) is 19.8. The molecule has 2 aromatic rings. The summed E-state index contributed by atoms with van der Waals surface area (Å²) < 4.78 is 17.0. The highest BCUT2D eigenvalue weighted by molar-refractivity contribution is 7.99. The Kier molecular flexibility index (Phi) is 9.61. The molecule has 2 atom stereocenters. The van der Waals surface area contributed by atoms with Gasteiger partial charge >= 0.3 is 0 Å². The lowest BCUT2D eigenvalue weighted by molar-refractivity contribution is 0.210. The monoisotopic (exact) mass is 458 g/mol. The standard InChI is InChI=1S/C27H38O4S/c1-29-22-14-12-21(13-15-22)27(32-3)20-31-26-19-23(30-2)16-17-24(26)25(27)11-9-7-5-4-6-8-10-18-28/h12-17,19,25,28H,4-11,18,20H2,1-3H3. The molecule has 176 valence electrons. The molecule has 1 N–H and O–H groups in total. The minimum absolute atomic E-state index is 0.130. The molecule has 5 heteroatoms. The second kappa shape index (κ2) is 12.4. The van der Waals surface area contributed by atoms with Gasteiger partial charge in [-0.2, -0.15) is 0 Å². The van der Waals surface area contributed by atoms with Crippen LogP contribution in [-0.4, -0.2) is 38.8 Å². The fourth-order valence-corrected chi connectivity index (χ4v) is 5.88. The third-order valence-corrected chi connectivity index (χ3v) is 8.06. The van der Waals surface area contributed by atoms with Crippen LogP contribution in [0.4, 0.5) is 0 Å². The zero-order valence-corrected chi connectivity index (χ0v) is 20.6. The number of aliphatic hydroxyl groups excluding tert-OH is 1. The SMILES string of the molecule is COc1ccc(C2(SC)COc3cc(OC)ccc3C2CCCCCCCCCO)cc1. The molecule has 0 spiro atoms. The van der Waals surface area contributed by atoms with E-state index in [-0.39, 0.29) is 4.75 Å². The number of ether oxygens (including phenoxy) is 3. The van der Waals surface area contributed by atoms with Gasteiger partial charge in [0.2, 0.25) is 0 Å². The second-order valence-electron chi connectivity index (χ2n) is 8.55. The predicted octanol–water partition coefficient (Wildman–Crippen LogP) is 6.55. The fourth-order valence-electron chi connectivity index (χ4n) is 4.80. The molecule has 0 saturated carbocycles. The van der Waals surface area contributed by atoms with Crippen molar-refractivity contribution in [2.75, 3.05) is 33.7 Å². The highest BCUT2D eigenvalue weighted by Gasteiger charge is 2.45. The van der Waals surface area contributed by atoms with Gasteiger partial charge in [-0.15, -0.1) is 11.8 Å². The summed E-state index contributed by atoms with van der Waals surface area (Å²) in [6.07, 6.45) is 11.6. The number of hydrogen-bond donors (Lipinski definition) is 1. The zero-order valence-electron chi connectivity index (χ0n) is 19.8. The Morgan fingerprint density at radius 1 is 0.906 bits per heavy atom. The van der Waals surface area contributed by atoms with Gasteiger partial charge < -0.3 is 19.3 Å². The van der Waals surface area contributed by atoms with E-state index >= 15 is 0 Å². The molecule has 0 bridgehead atoms. The first kappa shape index (κ1) is 24.8. The summed E-state index contributed by atoms with van der Waals surface area (Å²) in [5.41, 5.74) is 2.58. The molecule has 3 rings (SSSR count). The Balaban J connectivity index is 1.79. The van der Waals surface area contributed by atoms with Crippen molar-refractivity contribution >= 4 is 11.8 Å². The maximum Gasteiger partial charge on any atom is 0.126 e. The number of fused-ring (bicyclic) bond motifs is 1. The van der Waals surface area contributed by atoms with E-state index in [1.807, 2.05) is 17.8 Å². The van der Waals surface area contributed by atoms with E-state index in [9.17, 15) is 0 Å². The number of aliphatic hydroxyl groups is 1. The molecular weight excluding hydrogens is 420 g/mol. The van der Waals surface area contributed by atoms with Crippen LogP contribution in [0.1, 0.15) is 68.4 Å². The van der Waals surface area contributed by atoms with Crippen molar-refractivity contribution in [2.24, 2.45) is 0 Å². The van der Waals surface area contributed by atoms with Crippen molar-refractivity contribution in [3.63, 3.8) is 0 Å². The molecule has 1 heterocycles. The van der Waals surface area contributed by atoms with Crippen LogP contribution in [0, 0.1) is 0 Å². The van der Waals surface area contributed by atoms with Gasteiger partial charge in [0.05, 0.1) is 19.0 Å². The molecular formula is C27H38O4S. The molecule has 4 nitrogen and oxygen atoms in total. The average Bonchev–Trinajstić information content (AvgIpc) is 2.85. The first-order valence-electron chi connectivity index (χ1n) is 11.8. The number of thioether (sulfide) groups is 1. The maximum absolute atomic E-state index is 8.93. The zero-order chi connectivity index (χ0) is 22.8. The molecule has 0 aromatic heterocycles. The molecule has 1 aliphatic heterocycles. The number of benzene rings is 2. The van der Waals surface area contributed by atoms with Gasteiger partial charge in [0.15, 0.2) is 0 Å². The first-order chi connectivity index (χ1) is 15.7. The molecule has 0 aliphatic carbocycles. The summed E-state index contributed by atoms with van der Waals surface area (Å²) in [6, 6.07) is 14.8. The van der Waals surface area contributed by atoms with Gasteiger partial charge in [-0.3, -0.25) is 0 Å². The van der Waals surface area contributed by atoms with Gasteiger partial charge in [-0.05, 0) is 48.4 Å². The summed E-state index contributed by atoms with van der Waals surface area (Å²) in [6.45, 7) is 0.961. The van der Waals surface area contributed by atoms with Crippen molar-refractivity contribution in [3.8, 4) is 17.2 Å². The van der Waals surface area contributed by atoms with E-state index in [4.69, 9.17) is 19.3 Å². The van der Waals surface area contributed by atoms with Gasteiger partial charge in [0.1, 0.15) is 23.9 Å². The molecule has 0 saturated heterocycles. The number of unbranched alkanes of at least 4 members (excludes halogenated alkanes) is 6.